The van der Waals surface area contributed by atoms with Crippen molar-refractivity contribution in [1.82, 2.24) is 9.55 Å². The van der Waals surface area contributed by atoms with E-state index in [1.165, 1.54) is 11.3 Å². The molecule has 2 aromatic heterocycles. The molecule has 0 fully saturated rings. The van der Waals surface area contributed by atoms with E-state index in [2.05, 4.69) is 26.2 Å². The Morgan fingerprint density at radius 3 is 3.00 bits per heavy atom. The number of para-hydroxylation sites is 1. The van der Waals surface area contributed by atoms with Crippen LogP contribution in [0, 0.1) is 6.92 Å². The van der Waals surface area contributed by atoms with Crippen LogP contribution in [0.15, 0.2) is 45.2 Å². The summed E-state index contributed by atoms with van der Waals surface area (Å²) in [7, 11) is 0. The molecule has 108 valence electrons. The summed E-state index contributed by atoms with van der Waals surface area (Å²) in [5.41, 5.74) is 2.93. The molecule has 21 heavy (non-hydrogen) atoms. The van der Waals surface area contributed by atoms with Crippen molar-refractivity contribution < 1.29 is 0 Å². The van der Waals surface area contributed by atoms with Gasteiger partial charge in [-0.3, -0.25) is 9.36 Å². The van der Waals surface area contributed by atoms with Crippen molar-refractivity contribution in [2.24, 2.45) is 0 Å². The number of nitrogens with one attached hydrogen (secondary N) is 1. The van der Waals surface area contributed by atoms with E-state index in [0.717, 1.165) is 25.9 Å². The lowest BCUT2D eigenvalue weighted by atomic mass is 10.3. The lowest BCUT2D eigenvalue weighted by molar-refractivity contribution is 0.690. The molecule has 3 rings (SSSR count). The molecule has 3 aromatic rings. The SMILES string of the molecule is Cc1csc2c(=O)n(CCNc3ccccc3Br)cnc12. The van der Waals surface area contributed by atoms with Crippen molar-refractivity contribution >= 4 is 43.2 Å². The highest BCUT2D eigenvalue weighted by atomic mass is 79.9. The standard InChI is InChI=1S/C15H14BrN3OS/c1-10-8-21-14-13(10)18-9-19(15(14)20)7-6-17-12-5-3-2-4-11(12)16/h2-5,8-9,17H,6-7H2,1H3. The average Bonchev–Trinajstić information content (AvgIpc) is 2.86. The Kier molecular flexibility index (Phi) is 4.07. The molecular weight excluding hydrogens is 350 g/mol. The Balaban J connectivity index is 1.75. The minimum absolute atomic E-state index is 0.0343. The van der Waals surface area contributed by atoms with E-state index in [1.54, 1.807) is 10.9 Å². The molecule has 0 aliphatic heterocycles. The van der Waals surface area contributed by atoms with Crippen LogP contribution in [-0.4, -0.2) is 16.1 Å². The number of aromatic nitrogens is 2. The Morgan fingerprint density at radius 1 is 1.38 bits per heavy atom. The Hall–Kier alpha value is -1.66. The van der Waals surface area contributed by atoms with Gasteiger partial charge in [0.05, 0.1) is 11.8 Å². The van der Waals surface area contributed by atoms with Gasteiger partial charge in [-0.15, -0.1) is 11.3 Å². The van der Waals surface area contributed by atoms with Crippen LogP contribution < -0.4 is 10.9 Å². The molecule has 0 aliphatic carbocycles. The zero-order valence-corrected chi connectivity index (χ0v) is 13.9. The van der Waals surface area contributed by atoms with Gasteiger partial charge in [0.15, 0.2) is 0 Å². The second kappa shape index (κ2) is 5.99. The van der Waals surface area contributed by atoms with Gasteiger partial charge in [-0.1, -0.05) is 12.1 Å². The number of hydrogen-bond donors (Lipinski definition) is 1. The number of rotatable bonds is 4. The Morgan fingerprint density at radius 2 is 2.19 bits per heavy atom. The number of aryl methyl sites for hydroxylation is 1. The summed E-state index contributed by atoms with van der Waals surface area (Å²) >= 11 is 4.95. The van der Waals surface area contributed by atoms with Crippen LogP contribution >= 0.6 is 27.3 Å². The number of benzene rings is 1. The molecular formula is C15H14BrN3OS. The molecule has 0 bridgehead atoms. The third kappa shape index (κ3) is 2.87. The second-order valence-electron chi connectivity index (χ2n) is 4.75. The summed E-state index contributed by atoms with van der Waals surface area (Å²) in [6.07, 6.45) is 1.63. The van der Waals surface area contributed by atoms with E-state index in [9.17, 15) is 4.79 Å². The number of anilines is 1. The molecule has 0 radical (unpaired) electrons. The lowest BCUT2D eigenvalue weighted by Crippen LogP contribution is -2.23. The van der Waals surface area contributed by atoms with E-state index in [-0.39, 0.29) is 5.56 Å². The maximum Gasteiger partial charge on any atom is 0.271 e. The first-order valence-corrected chi connectivity index (χ1v) is 8.26. The first-order valence-electron chi connectivity index (χ1n) is 6.58. The van der Waals surface area contributed by atoms with E-state index in [1.807, 2.05) is 36.6 Å². The fourth-order valence-corrected chi connectivity index (χ4v) is 3.51. The van der Waals surface area contributed by atoms with Crippen molar-refractivity contribution in [2.75, 3.05) is 11.9 Å². The molecule has 6 heteroatoms. The highest BCUT2D eigenvalue weighted by Crippen LogP contribution is 2.21. The number of halogens is 1. The fraction of sp³-hybridized carbons (Fsp3) is 0.200. The smallest absolute Gasteiger partial charge is 0.271 e. The number of fused-ring (bicyclic) bond motifs is 1. The van der Waals surface area contributed by atoms with E-state index in [0.29, 0.717) is 13.1 Å². The van der Waals surface area contributed by atoms with Crippen LogP contribution in [0.25, 0.3) is 10.2 Å². The van der Waals surface area contributed by atoms with Crippen LogP contribution in [0.2, 0.25) is 0 Å². The van der Waals surface area contributed by atoms with E-state index >= 15 is 0 Å². The summed E-state index contributed by atoms with van der Waals surface area (Å²) in [6.45, 7) is 3.23. The topological polar surface area (TPSA) is 46.9 Å². The van der Waals surface area contributed by atoms with Gasteiger partial charge in [0, 0.05) is 23.2 Å². The van der Waals surface area contributed by atoms with E-state index in [4.69, 9.17) is 0 Å². The fourth-order valence-electron chi connectivity index (χ4n) is 2.14. The van der Waals surface area contributed by atoms with Gasteiger partial charge in [0.25, 0.3) is 5.56 Å². The molecule has 2 heterocycles. The largest absolute Gasteiger partial charge is 0.382 e. The molecule has 4 nitrogen and oxygen atoms in total. The van der Waals surface area contributed by atoms with Crippen molar-refractivity contribution in [3.05, 3.63) is 56.4 Å². The van der Waals surface area contributed by atoms with Crippen molar-refractivity contribution in [1.29, 1.82) is 0 Å². The summed E-state index contributed by atoms with van der Waals surface area (Å²) in [5.74, 6) is 0. The first-order chi connectivity index (χ1) is 10.2. The van der Waals surface area contributed by atoms with Crippen LogP contribution in [0.3, 0.4) is 0 Å². The zero-order valence-electron chi connectivity index (χ0n) is 11.5. The summed E-state index contributed by atoms with van der Waals surface area (Å²) < 4.78 is 3.40. The quantitative estimate of drug-likeness (QED) is 0.769. The van der Waals surface area contributed by atoms with Gasteiger partial charge >= 0.3 is 0 Å². The first kappa shape index (κ1) is 14.3. The van der Waals surface area contributed by atoms with E-state index < -0.39 is 0 Å². The van der Waals surface area contributed by atoms with Gasteiger partial charge in [0.1, 0.15) is 4.70 Å². The number of hydrogen-bond acceptors (Lipinski definition) is 4. The van der Waals surface area contributed by atoms with Gasteiger partial charge in [-0.2, -0.15) is 0 Å². The molecule has 0 saturated heterocycles. The van der Waals surface area contributed by atoms with Crippen LogP contribution in [-0.2, 0) is 6.54 Å². The van der Waals surface area contributed by atoms with Gasteiger partial charge < -0.3 is 5.32 Å². The molecule has 1 aromatic carbocycles. The highest BCUT2D eigenvalue weighted by Gasteiger charge is 2.08. The van der Waals surface area contributed by atoms with Crippen molar-refractivity contribution in [2.45, 2.75) is 13.5 Å². The molecule has 0 atom stereocenters. The van der Waals surface area contributed by atoms with Crippen LogP contribution in [0.1, 0.15) is 5.56 Å². The van der Waals surface area contributed by atoms with Crippen LogP contribution in [0.5, 0.6) is 0 Å². The predicted octanol–water partition coefficient (Wildman–Crippen LogP) is 3.64. The predicted molar refractivity (Wildman–Crippen MR) is 91.2 cm³/mol. The van der Waals surface area contributed by atoms with Gasteiger partial charge in [-0.05, 0) is 45.9 Å². The van der Waals surface area contributed by atoms with Crippen LogP contribution in [0.4, 0.5) is 5.69 Å². The average molecular weight is 364 g/mol. The minimum Gasteiger partial charge on any atom is -0.382 e. The molecule has 0 unspecified atom stereocenters. The number of nitrogens with zero attached hydrogens (tertiary/aromatic N) is 2. The zero-order chi connectivity index (χ0) is 14.8. The van der Waals surface area contributed by atoms with Crippen molar-refractivity contribution in [3.8, 4) is 0 Å². The maximum absolute atomic E-state index is 12.3. The molecule has 1 N–H and O–H groups in total. The maximum atomic E-state index is 12.3. The summed E-state index contributed by atoms with van der Waals surface area (Å²) in [6, 6.07) is 7.92. The Bertz CT molecular complexity index is 840. The summed E-state index contributed by atoms with van der Waals surface area (Å²) in [5, 5.41) is 5.29. The monoisotopic (exact) mass is 363 g/mol. The normalized spacial score (nSPS) is 11.0. The third-order valence-corrected chi connectivity index (χ3v) is 5.03. The number of thiophene rings is 1. The Labute approximate surface area is 134 Å². The molecule has 0 spiro atoms. The lowest BCUT2D eigenvalue weighted by Gasteiger charge is -2.09. The molecule has 0 aliphatic rings. The second-order valence-corrected chi connectivity index (χ2v) is 6.48. The van der Waals surface area contributed by atoms with Gasteiger partial charge in [-0.25, -0.2) is 4.98 Å². The molecule has 0 amide bonds. The van der Waals surface area contributed by atoms with Crippen molar-refractivity contribution in [3.63, 3.8) is 0 Å². The summed E-state index contributed by atoms with van der Waals surface area (Å²) in [4.78, 5) is 16.7. The molecule has 0 saturated carbocycles. The highest BCUT2D eigenvalue weighted by molar-refractivity contribution is 9.10. The third-order valence-electron chi connectivity index (χ3n) is 3.27. The van der Waals surface area contributed by atoms with Gasteiger partial charge in [0.2, 0.25) is 0 Å². The minimum atomic E-state index is 0.0343.